The van der Waals surface area contributed by atoms with Gasteiger partial charge < -0.3 is 4.52 Å². The molecule has 1 heterocycles. The molecule has 0 radical (unpaired) electrons. The van der Waals surface area contributed by atoms with Gasteiger partial charge in [-0.1, -0.05) is 58.8 Å². The van der Waals surface area contributed by atoms with Crippen molar-refractivity contribution in [3.63, 3.8) is 0 Å². The first kappa shape index (κ1) is 18.5. The fourth-order valence-corrected chi connectivity index (χ4v) is 4.62. The number of fused-ring (bicyclic) bond motifs is 1. The Morgan fingerprint density at radius 2 is 1.70 bits per heavy atom. The van der Waals surface area contributed by atoms with Gasteiger partial charge in [-0.3, -0.25) is 0 Å². The average Bonchev–Trinajstić information content (AvgIpc) is 3.32. The number of nitrogens with zero attached hydrogens (tertiary/aromatic N) is 1. The van der Waals surface area contributed by atoms with Gasteiger partial charge in [0, 0.05) is 6.07 Å². The minimum Gasteiger partial charge on any atom is -0.357 e. The minimum absolute atomic E-state index is 0.232. The lowest BCUT2D eigenvalue weighted by Crippen LogP contribution is -2.34. The van der Waals surface area contributed by atoms with Crippen molar-refractivity contribution in [3.8, 4) is 0 Å². The van der Waals surface area contributed by atoms with Gasteiger partial charge in [-0.25, -0.2) is 0 Å². The quantitative estimate of drug-likeness (QED) is 0.579. The zero-order chi connectivity index (χ0) is 19.4. The highest BCUT2D eigenvalue weighted by Gasteiger charge is 2.39. The van der Waals surface area contributed by atoms with Gasteiger partial charge >= 0.3 is 0 Å². The summed E-state index contributed by atoms with van der Waals surface area (Å²) >= 11 is 0. The van der Waals surface area contributed by atoms with E-state index < -0.39 is 0 Å². The second-order valence-electron chi connectivity index (χ2n) is 10.2. The van der Waals surface area contributed by atoms with E-state index in [1.54, 1.807) is 17.3 Å². The lowest BCUT2D eigenvalue weighted by atomic mass is 9.62. The van der Waals surface area contributed by atoms with Crippen LogP contribution < -0.4 is 0 Å². The van der Waals surface area contributed by atoms with Crippen molar-refractivity contribution in [2.75, 3.05) is 0 Å². The van der Waals surface area contributed by atoms with Gasteiger partial charge in [0.15, 0.2) is 5.76 Å². The molecule has 0 saturated heterocycles. The molecule has 0 aliphatic heterocycles. The van der Waals surface area contributed by atoms with Crippen LogP contribution in [-0.4, -0.2) is 5.16 Å². The van der Waals surface area contributed by atoms with E-state index in [-0.39, 0.29) is 10.8 Å². The molecule has 1 saturated carbocycles. The van der Waals surface area contributed by atoms with Crippen molar-refractivity contribution in [1.29, 1.82) is 0 Å². The topological polar surface area (TPSA) is 26.0 Å². The third kappa shape index (κ3) is 3.39. The molecule has 0 unspecified atom stereocenters. The van der Waals surface area contributed by atoms with Crippen LogP contribution in [0.4, 0.5) is 0 Å². The first-order valence-electron chi connectivity index (χ1n) is 10.5. The normalized spacial score (nSPS) is 21.4. The van der Waals surface area contributed by atoms with Gasteiger partial charge in [0.2, 0.25) is 0 Å². The fraction of sp³-hybridized carbons (Fsp3) is 0.560. The maximum Gasteiger partial charge on any atom is 0.159 e. The molecule has 2 nitrogen and oxygen atoms in total. The summed E-state index contributed by atoms with van der Waals surface area (Å²) in [7, 11) is 0. The van der Waals surface area contributed by atoms with Crippen LogP contribution in [0.2, 0.25) is 0 Å². The van der Waals surface area contributed by atoms with Crippen molar-refractivity contribution < 1.29 is 4.52 Å². The summed E-state index contributed by atoms with van der Waals surface area (Å²) in [5.41, 5.74) is 7.95. The van der Waals surface area contributed by atoms with Crippen molar-refractivity contribution in [2.45, 2.75) is 84.0 Å². The van der Waals surface area contributed by atoms with Gasteiger partial charge in [-0.15, -0.1) is 0 Å². The molecule has 0 amide bonds. The van der Waals surface area contributed by atoms with Crippen molar-refractivity contribution >= 4 is 11.6 Å². The molecule has 0 N–H and O–H groups in total. The molecule has 1 fully saturated rings. The molecule has 0 atom stereocenters. The minimum atomic E-state index is 0.232. The van der Waals surface area contributed by atoms with E-state index in [0.717, 1.165) is 5.76 Å². The summed E-state index contributed by atoms with van der Waals surface area (Å²) < 4.78 is 5.42. The molecule has 2 aliphatic rings. The molecule has 0 bridgehead atoms. The molecule has 1 aromatic heterocycles. The molecule has 0 spiro atoms. The Bertz CT molecular complexity index is 864. The predicted molar refractivity (Wildman–Crippen MR) is 113 cm³/mol. The lowest BCUT2D eigenvalue weighted by molar-refractivity contribution is 0.331. The Morgan fingerprint density at radius 3 is 2.22 bits per heavy atom. The Hall–Kier alpha value is -1.83. The van der Waals surface area contributed by atoms with E-state index in [1.165, 1.54) is 42.4 Å². The van der Waals surface area contributed by atoms with Gasteiger partial charge in [0.05, 0.1) is 6.20 Å². The van der Waals surface area contributed by atoms with Crippen LogP contribution in [0.3, 0.4) is 0 Å². The number of hydrogen-bond acceptors (Lipinski definition) is 2. The monoisotopic (exact) mass is 363 g/mol. The van der Waals surface area contributed by atoms with Gasteiger partial charge in [0.25, 0.3) is 0 Å². The van der Waals surface area contributed by atoms with Gasteiger partial charge in [-0.2, -0.15) is 0 Å². The third-order valence-electron chi connectivity index (χ3n) is 6.73. The van der Waals surface area contributed by atoms with E-state index in [0.29, 0.717) is 11.8 Å². The van der Waals surface area contributed by atoms with Crippen molar-refractivity contribution in [3.05, 3.63) is 52.4 Å². The molecule has 2 heteroatoms. The summed E-state index contributed by atoms with van der Waals surface area (Å²) in [6.45, 7) is 14.3. The maximum absolute atomic E-state index is 5.42. The smallest absolute Gasteiger partial charge is 0.159 e. The van der Waals surface area contributed by atoms with Gasteiger partial charge in [-0.05, 0) is 82.3 Å². The van der Waals surface area contributed by atoms with E-state index in [4.69, 9.17) is 4.52 Å². The van der Waals surface area contributed by atoms with E-state index in [9.17, 15) is 0 Å². The highest BCUT2D eigenvalue weighted by atomic mass is 16.5. The lowest BCUT2D eigenvalue weighted by Gasteiger charge is -2.43. The van der Waals surface area contributed by atoms with Gasteiger partial charge in [0.1, 0.15) is 0 Å². The molecule has 144 valence electrons. The summed E-state index contributed by atoms with van der Waals surface area (Å²) in [6, 6.07) is 7.03. The van der Waals surface area contributed by atoms with Crippen LogP contribution in [0.5, 0.6) is 0 Å². The van der Waals surface area contributed by atoms with E-state index >= 15 is 0 Å². The molecule has 27 heavy (non-hydrogen) atoms. The second-order valence-corrected chi connectivity index (χ2v) is 10.2. The van der Waals surface area contributed by atoms with Crippen LogP contribution in [0.15, 0.2) is 28.9 Å². The predicted octanol–water partition coefficient (Wildman–Crippen LogP) is 7.10. The van der Waals surface area contributed by atoms with Crippen LogP contribution in [0, 0.1) is 5.92 Å². The highest BCUT2D eigenvalue weighted by Crippen LogP contribution is 2.50. The Morgan fingerprint density at radius 1 is 1.07 bits per heavy atom. The fourth-order valence-electron chi connectivity index (χ4n) is 4.62. The average molecular weight is 364 g/mol. The van der Waals surface area contributed by atoms with Crippen LogP contribution >= 0.6 is 0 Å². The van der Waals surface area contributed by atoms with Crippen molar-refractivity contribution in [2.24, 2.45) is 5.92 Å². The van der Waals surface area contributed by atoms with Crippen LogP contribution in [0.1, 0.15) is 101 Å². The number of hydrogen-bond donors (Lipinski definition) is 0. The maximum atomic E-state index is 5.42. The number of allylic oxidation sites excluding steroid dienone is 1. The molecule has 1 aromatic carbocycles. The number of benzene rings is 1. The first-order valence-corrected chi connectivity index (χ1v) is 10.5. The standard InChI is InChI=1S/C25H33NO/c1-16(2)19-14-22-23(25(5,6)11-10-24(22,3)4)15-21(19)20(17-7-8-17)13-18-9-12-26-27-18/h9,12-17H,7-8,10-11H2,1-6H3. The summed E-state index contributed by atoms with van der Waals surface area (Å²) in [5.74, 6) is 2.03. The molecular formula is C25H33NO. The summed E-state index contributed by atoms with van der Waals surface area (Å²) in [6.07, 6.45) is 9.04. The zero-order valence-corrected chi connectivity index (χ0v) is 17.7. The zero-order valence-electron chi connectivity index (χ0n) is 17.7. The summed E-state index contributed by atoms with van der Waals surface area (Å²) in [4.78, 5) is 0. The Labute approximate surface area is 164 Å². The summed E-state index contributed by atoms with van der Waals surface area (Å²) in [5, 5.41) is 3.90. The molecule has 2 aromatic rings. The van der Waals surface area contributed by atoms with E-state index in [2.05, 4.69) is 64.9 Å². The van der Waals surface area contributed by atoms with E-state index in [1.807, 2.05) is 6.07 Å². The second kappa shape index (κ2) is 6.36. The Kier molecular flexibility index (Phi) is 4.36. The largest absolute Gasteiger partial charge is 0.357 e. The molecule has 2 aliphatic carbocycles. The van der Waals surface area contributed by atoms with Crippen LogP contribution in [-0.2, 0) is 10.8 Å². The molecular weight excluding hydrogens is 330 g/mol. The first-order chi connectivity index (χ1) is 12.7. The highest BCUT2D eigenvalue weighted by molar-refractivity contribution is 5.85. The van der Waals surface area contributed by atoms with Crippen molar-refractivity contribution in [1.82, 2.24) is 5.16 Å². The SMILES string of the molecule is CC(C)c1cc2c(cc1C(=Cc1ccno1)C1CC1)C(C)(C)CCC2(C)C. The third-order valence-corrected chi connectivity index (χ3v) is 6.73. The number of rotatable bonds is 4. The molecule has 4 rings (SSSR count). The number of aromatic nitrogens is 1. The van der Waals surface area contributed by atoms with Crippen LogP contribution in [0.25, 0.3) is 11.6 Å². The Balaban J connectivity index is 1.95.